The van der Waals surface area contributed by atoms with E-state index in [0.717, 1.165) is 14.0 Å². The van der Waals surface area contributed by atoms with Crippen molar-refractivity contribution in [1.29, 1.82) is 0 Å². The maximum absolute atomic E-state index is 12.2. The number of aromatic hydroxyl groups is 1. The van der Waals surface area contributed by atoms with Crippen molar-refractivity contribution in [2.45, 2.75) is 51.7 Å². The van der Waals surface area contributed by atoms with E-state index in [1.807, 2.05) is 26.8 Å². The Bertz CT molecular complexity index is 827. The lowest BCUT2D eigenvalue weighted by molar-refractivity contribution is -0.131. The Hall–Kier alpha value is -1.17. The summed E-state index contributed by atoms with van der Waals surface area (Å²) in [6, 6.07) is 3.64. The van der Waals surface area contributed by atoms with Gasteiger partial charge in [0.25, 0.3) is 0 Å². The summed E-state index contributed by atoms with van der Waals surface area (Å²) >= 11 is 9.54. The zero-order valence-electron chi connectivity index (χ0n) is 17.5. The van der Waals surface area contributed by atoms with Crippen molar-refractivity contribution < 1.29 is 29.0 Å². The molecule has 1 atom stereocenters. The summed E-state index contributed by atoms with van der Waals surface area (Å²) in [7, 11) is 0. The lowest BCUT2D eigenvalue weighted by atomic mass is 10.1. The van der Waals surface area contributed by atoms with Crippen LogP contribution in [0.4, 0.5) is 4.79 Å². The molecule has 1 N–H and O–H groups in total. The number of morpholine rings is 1. The lowest BCUT2D eigenvalue weighted by Crippen LogP contribution is -2.48. The van der Waals surface area contributed by atoms with Crippen LogP contribution in [0.3, 0.4) is 0 Å². The number of ether oxygens (including phenoxy) is 2. The first kappa shape index (κ1) is 26.1. The molecule has 2 saturated heterocycles. The summed E-state index contributed by atoms with van der Waals surface area (Å²) in [4.78, 5) is 34.7. The van der Waals surface area contributed by atoms with Gasteiger partial charge in [0.2, 0.25) is 11.8 Å². The molecule has 0 bridgehead atoms. The largest absolute Gasteiger partial charge is 0.506 e. The third kappa shape index (κ3) is 8.03. The Morgan fingerprint density at radius 1 is 1.23 bits per heavy atom. The van der Waals surface area contributed by atoms with E-state index in [1.54, 1.807) is 11.0 Å². The molecule has 11 heteroatoms. The first-order valence-corrected chi connectivity index (χ1v) is 11.9. The average molecular weight is 629 g/mol. The van der Waals surface area contributed by atoms with Gasteiger partial charge in [-0.25, -0.2) is 8.72 Å². The highest BCUT2D eigenvalue weighted by atomic mass is 79.9. The molecule has 0 aromatic heterocycles. The molecule has 1 aromatic rings. The Morgan fingerprint density at radius 2 is 1.84 bits per heavy atom. The van der Waals surface area contributed by atoms with Gasteiger partial charge in [0.15, 0.2) is 0 Å². The molecule has 3 rings (SSSR count). The van der Waals surface area contributed by atoms with Gasteiger partial charge in [0.1, 0.15) is 11.4 Å². The zero-order chi connectivity index (χ0) is 23.3. The number of phenols is 1. The van der Waals surface area contributed by atoms with Crippen molar-refractivity contribution in [3.63, 3.8) is 0 Å². The maximum atomic E-state index is 12.2. The van der Waals surface area contributed by atoms with E-state index in [9.17, 15) is 19.5 Å². The fraction of sp³-hybridized carbons (Fsp3) is 0.550. The summed E-state index contributed by atoms with van der Waals surface area (Å²) in [6.45, 7) is 6.96. The Kier molecular flexibility index (Phi) is 9.35. The van der Waals surface area contributed by atoms with Gasteiger partial charge in [-0.2, -0.15) is 0 Å². The van der Waals surface area contributed by atoms with Crippen molar-refractivity contribution in [2.75, 3.05) is 19.7 Å². The minimum atomic E-state index is -0.516. The minimum absolute atomic E-state index is 0.144. The van der Waals surface area contributed by atoms with Gasteiger partial charge < -0.3 is 19.5 Å². The number of imide groups is 1. The molecule has 1 aromatic carbocycles. The van der Waals surface area contributed by atoms with Crippen molar-refractivity contribution in [3.05, 3.63) is 26.6 Å². The molecule has 0 spiro atoms. The molecular weight excluding hydrogens is 604 g/mol. The Morgan fingerprint density at radius 3 is 2.35 bits per heavy atom. The summed E-state index contributed by atoms with van der Waals surface area (Å²) in [5.74, 6) is -0.0869. The van der Waals surface area contributed by atoms with Crippen LogP contribution in [0, 0.1) is 0 Å². The molecule has 2 aliphatic heterocycles. The van der Waals surface area contributed by atoms with Crippen molar-refractivity contribution in [3.8, 4) is 5.75 Å². The van der Waals surface area contributed by atoms with E-state index in [1.165, 1.54) is 0 Å². The molecule has 8 nitrogen and oxygen atoms in total. The summed E-state index contributed by atoms with van der Waals surface area (Å²) in [5.41, 5.74) is 0.250. The third-order valence-electron chi connectivity index (χ3n) is 4.34. The summed E-state index contributed by atoms with van der Waals surface area (Å²) < 4.78 is 13.6. The number of hydrogen-bond acceptors (Lipinski definition) is 6. The Labute approximate surface area is 206 Å². The first-order chi connectivity index (χ1) is 14.4. The van der Waals surface area contributed by atoms with Crippen LogP contribution in [0.1, 0.15) is 39.2 Å². The van der Waals surface area contributed by atoms with Gasteiger partial charge in [0.05, 0.1) is 39.9 Å². The number of amides is 3. The highest BCUT2D eigenvalue weighted by Crippen LogP contribution is 2.33. The van der Waals surface area contributed by atoms with Crippen LogP contribution in [0.5, 0.6) is 5.75 Å². The molecule has 172 valence electrons. The number of halogens is 3. The fourth-order valence-electron chi connectivity index (χ4n) is 2.90. The van der Waals surface area contributed by atoms with Crippen LogP contribution in [-0.2, 0) is 25.5 Å². The lowest BCUT2D eigenvalue weighted by Gasteiger charge is -2.34. The van der Waals surface area contributed by atoms with Crippen molar-refractivity contribution in [2.24, 2.45) is 0 Å². The predicted octanol–water partition coefficient (Wildman–Crippen LogP) is 4.54. The second kappa shape index (κ2) is 11.1. The first-order valence-electron chi connectivity index (χ1n) is 9.65. The number of rotatable bonds is 2. The third-order valence-corrected chi connectivity index (χ3v) is 6.19. The van der Waals surface area contributed by atoms with E-state index in [-0.39, 0.29) is 29.8 Å². The molecule has 0 radical (unpaired) electrons. The van der Waals surface area contributed by atoms with Crippen LogP contribution in [0.15, 0.2) is 21.1 Å². The highest BCUT2D eigenvalue weighted by Gasteiger charge is 2.29. The van der Waals surface area contributed by atoms with Gasteiger partial charge in [-0.3, -0.25) is 9.59 Å². The molecule has 2 heterocycles. The Balaban J connectivity index is 0.000000357. The summed E-state index contributed by atoms with van der Waals surface area (Å²) in [5, 5.41) is 10.2. The topological polar surface area (TPSA) is 96.4 Å². The molecule has 0 aliphatic carbocycles. The second-order valence-electron chi connectivity index (χ2n) is 8.09. The minimum Gasteiger partial charge on any atom is -0.506 e. The van der Waals surface area contributed by atoms with E-state index < -0.39 is 5.60 Å². The van der Waals surface area contributed by atoms with Crippen molar-refractivity contribution in [1.82, 2.24) is 8.83 Å². The monoisotopic (exact) mass is 626 g/mol. The highest BCUT2D eigenvalue weighted by molar-refractivity contribution is 9.11. The van der Waals surface area contributed by atoms with Gasteiger partial charge in [-0.1, -0.05) is 15.9 Å². The normalized spacial score (nSPS) is 19.2. The molecule has 31 heavy (non-hydrogen) atoms. The maximum Gasteiger partial charge on any atom is 0.410 e. The van der Waals surface area contributed by atoms with Gasteiger partial charge in [0, 0.05) is 30.3 Å². The smallest absolute Gasteiger partial charge is 0.410 e. The van der Waals surface area contributed by atoms with Gasteiger partial charge >= 0.3 is 6.09 Å². The zero-order valence-corrected chi connectivity index (χ0v) is 22.2. The van der Waals surface area contributed by atoms with Crippen molar-refractivity contribution >= 4 is 65.9 Å². The quantitative estimate of drug-likeness (QED) is 0.382. The van der Waals surface area contributed by atoms with Crippen LogP contribution in [0.25, 0.3) is 0 Å². The number of benzene rings is 1. The van der Waals surface area contributed by atoms with Gasteiger partial charge in [-0.15, -0.1) is 0 Å². The average Bonchev–Trinajstić information content (AvgIpc) is 2.96. The van der Waals surface area contributed by atoms with Crippen LogP contribution < -0.4 is 0 Å². The standard InChI is InChI=1S/C16H21Br2NO4.C4H4BrNO2/c1-16(2,3)23-15(21)19-4-5-22-12(9-19)7-10-6-11(17)8-13(18)14(10)20;5-6-3(7)1-2-4(6)8/h6,8,12,20H,4-5,7,9H2,1-3H3;1-2H2/t12-;/m1./s1. The van der Waals surface area contributed by atoms with Crippen LogP contribution in [0.2, 0.25) is 0 Å². The van der Waals surface area contributed by atoms with Gasteiger partial charge in [-0.05, 0) is 54.4 Å². The van der Waals surface area contributed by atoms with Crippen LogP contribution >= 0.6 is 48.0 Å². The van der Waals surface area contributed by atoms with E-state index in [0.29, 0.717) is 43.4 Å². The number of hydrogen-bond donors (Lipinski definition) is 1. The predicted molar refractivity (Wildman–Crippen MR) is 125 cm³/mol. The number of carbonyl (C=O) groups is 3. The van der Waals surface area contributed by atoms with E-state index in [4.69, 9.17) is 9.47 Å². The summed E-state index contributed by atoms with van der Waals surface area (Å²) in [6.07, 6.45) is 0.714. The number of nitrogens with zero attached hydrogens (tertiary/aromatic N) is 2. The molecule has 0 saturated carbocycles. The molecule has 2 fully saturated rings. The van der Waals surface area contributed by atoms with Crippen LogP contribution in [-0.4, -0.2) is 63.2 Å². The molecular formula is C20H25Br3N2O6. The van der Waals surface area contributed by atoms with E-state index >= 15 is 0 Å². The number of phenolic OH excluding ortho intramolecular Hbond substituents is 1. The fourth-order valence-corrected chi connectivity index (χ4v) is 4.57. The molecule has 3 amide bonds. The molecule has 2 aliphatic rings. The number of carbonyl (C=O) groups excluding carboxylic acids is 3. The molecule has 0 unspecified atom stereocenters. The van der Waals surface area contributed by atoms with E-state index in [2.05, 4.69) is 48.0 Å². The second-order valence-corrected chi connectivity index (χ2v) is 10.6. The SMILES string of the molecule is CC(C)(C)OC(=O)N1CCO[C@H](Cc2cc(Br)cc(Br)c2O)C1.O=C1CCC(=O)N1Br.